The third-order valence-electron chi connectivity index (χ3n) is 6.95. The number of hydrogen-bond donors (Lipinski definition) is 1. The third-order valence-corrected chi connectivity index (χ3v) is 6.95. The summed E-state index contributed by atoms with van der Waals surface area (Å²) in [6, 6.07) is 10.7. The molecule has 2 amide bonds. The van der Waals surface area contributed by atoms with Gasteiger partial charge in [0.05, 0.1) is 14.2 Å². The van der Waals surface area contributed by atoms with Gasteiger partial charge in [-0.2, -0.15) is 4.80 Å². The number of benzene rings is 2. The molecular weight excluding hydrogens is 484 g/mol. The lowest BCUT2D eigenvalue weighted by Gasteiger charge is -2.32. The first kappa shape index (κ1) is 27.1. The predicted molar refractivity (Wildman–Crippen MR) is 144 cm³/mol. The number of carbonyl (C=O) groups is 2. The molecule has 1 N–H and O–H groups in total. The summed E-state index contributed by atoms with van der Waals surface area (Å²) >= 11 is 0. The van der Waals surface area contributed by atoms with Crippen molar-refractivity contribution < 1.29 is 19.1 Å². The molecular formula is C28H36N6O4. The second kappa shape index (κ2) is 12.1. The number of methoxy groups -OCH3 is 2. The first-order valence-corrected chi connectivity index (χ1v) is 13.0. The van der Waals surface area contributed by atoms with Crippen molar-refractivity contribution in [1.82, 2.24) is 25.5 Å². The molecule has 3 aromatic rings. The summed E-state index contributed by atoms with van der Waals surface area (Å²) in [6.45, 7) is 5.71. The van der Waals surface area contributed by atoms with Crippen LogP contribution in [-0.4, -0.2) is 58.3 Å². The maximum Gasteiger partial charge on any atom is 0.251 e. The highest BCUT2D eigenvalue weighted by molar-refractivity contribution is 6.01. The van der Waals surface area contributed by atoms with Crippen molar-refractivity contribution in [3.05, 3.63) is 47.5 Å². The number of nitrogens with one attached hydrogen (secondary N) is 1. The molecule has 4 rings (SSSR count). The molecule has 1 saturated carbocycles. The van der Waals surface area contributed by atoms with E-state index >= 15 is 0 Å². The zero-order chi connectivity index (χ0) is 27.2. The minimum absolute atomic E-state index is 0.134. The van der Waals surface area contributed by atoms with Crippen LogP contribution in [0.5, 0.6) is 11.5 Å². The fraction of sp³-hybridized carbons (Fsp3) is 0.464. The highest BCUT2D eigenvalue weighted by Crippen LogP contribution is 2.31. The van der Waals surface area contributed by atoms with Crippen LogP contribution in [0.2, 0.25) is 0 Å². The first-order chi connectivity index (χ1) is 18.3. The molecule has 38 heavy (non-hydrogen) atoms. The molecule has 0 saturated heterocycles. The van der Waals surface area contributed by atoms with Crippen LogP contribution < -0.4 is 19.7 Å². The first-order valence-electron chi connectivity index (χ1n) is 13.0. The topological polar surface area (TPSA) is 111 Å². The molecule has 0 spiro atoms. The van der Waals surface area contributed by atoms with Gasteiger partial charge in [0.2, 0.25) is 11.7 Å². The predicted octanol–water partition coefficient (Wildman–Crippen LogP) is 3.84. The van der Waals surface area contributed by atoms with E-state index in [4.69, 9.17) is 9.47 Å². The number of rotatable bonds is 10. The summed E-state index contributed by atoms with van der Waals surface area (Å²) in [6.07, 6.45) is 4.64. The molecule has 1 aliphatic carbocycles. The van der Waals surface area contributed by atoms with Gasteiger partial charge in [-0.25, -0.2) is 0 Å². The molecule has 202 valence electrons. The van der Waals surface area contributed by atoms with Gasteiger partial charge in [0.15, 0.2) is 11.5 Å². The lowest BCUT2D eigenvalue weighted by atomic mass is 10.1. The molecule has 1 atom stereocenters. The lowest BCUT2D eigenvalue weighted by Crippen LogP contribution is -2.52. The SMILES string of the molecule is CC[C@@H](C(=O)NC1CCCC1)N(C(=O)Cn1nnc(-c2ccc(OC)c(OC)c2)n1)c1ccc(C)cc1C. The Balaban J connectivity index is 1.60. The van der Waals surface area contributed by atoms with Crippen molar-refractivity contribution >= 4 is 17.5 Å². The van der Waals surface area contributed by atoms with Gasteiger partial charge in [-0.1, -0.05) is 37.5 Å². The Morgan fingerprint density at radius 1 is 1.08 bits per heavy atom. The molecule has 10 nitrogen and oxygen atoms in total. The number of anilines is 1. The molecule has 1 aliphatic rings. The van der Waals surface area contributed by atoms with E-state index in [0.29, 0.717) is 35.0 Å². The van der Waals surface area contributed by atoms with Gasteiger partial charge in [0.25, 0.3) is 5.91 Å². The molecule has 10 heteroatoms. The van der Waals surface area contributed by atoms with Crippen LogP contribution in [-0.2, 0) is 16.1 Å². The lowest BCUT2D eigenvalue weighted by molar-refractivity contribution is -0.127. The Bertz CT molecular complexity index is 1280. The van der Waals surface area contributed by atoms with Crippen LogP contribution in [0.3, 0.4) is 0 Å². The summed E-state index contributed by atoms with van der Waals surface area (Å²) in [7, 11) is 3.12. The van der Waals surface area contributed by atoms with Crippen molar-refractivity contribution in [2.24, 2.45) is 0 Å². The maximum atomic E-state index is 13.8. The van der Waals surface area contributed by atoms with E-state index in [2.05, 4.69) is 20.7 Å². The van der Waals surface area contributed by atoms with E-state index in [9.17, 15) is 9.59 Å². The number of tetrazole rings is 1. The van der Waals surface area contributed by atoms with Gasteiger partial charge < -0.3 is 14.8 Å². The van der Waals surface area contributed by atoms with Crippen molar-refractivity contribution in [3.63, 3.8) is 0 Å². The number of carbonyl (C=O) groups excluding carboxylic acids is 2. The summed E-state index contributed by atoms with van der Waals surface area (Å²) in [5.74, 6) is 1.05. The van der Waals surface area contributed by atoms with Crippen LogP contribution in [0.25, 0.3) is 11.4 Å². The quantitative estimate of drug-likeness (QED) is 0.432. The number of ether oxygens (including phenoxy) is 2. The smallest absolute Gasteiger partial charge is 0.251 e. The minimum Gasteiger partial charge on any atom is -0.493 e. The maximum absolute atomic E-state index is 13.8. The van der Waals surface area contributed by atoms with Gasteiger partial charge in [0.1, 0.15) is 12.6 Å². The van der Waals surface area contributed by atoms with E-state index in [-0.39, 0.29) is 24.4 Å². The Morgan fingerprint density at radius 2 is 1.82 bits per heavy atom. The summed E-state index contributed by atoms with van der Waals surface area (Å²) in [5, 5.41) is 15.8. The van der Waals surface area contributed by atoms with Gasteiger partial charge in [-0.15, -0.1) is 10.2 Å². The average Bonchev–Trinajstić information content (AvgIpc) is 3.59. The van der Waals surface area contributed by atoms with Crippen molar-refractivity contribution in [3.8, 4) is 22.9 Å². The fourth-order valence-corrected chi connectivity index (χ4v) is 5.00. The minimum atomic E-state index is -0.654. The van der Waals surface area contributed by atoms with Gasteiger partial charge in [-0.05, 0) is 68.2 Å². The zero-order valence-corrected chi connectivity index (χ0v) is 22.7. The third kappa shape index (κ3) is 5.95. The standard InChI is InChI=1S/C28H36N6O4/c1-6-22(28(36)29-21-9-7-8-10-21)34(23-13-11-18(2)15-19(23)3)26(35)17-33-31-27(30-32-33)20-12-14-24(37-4)25(16-20)38-5/h11-16,21-22H,6-10,17H2,1-5H3,(H,29,36)/t22-/m0/s1. The molecule has 1 aromatic heterocycles. The average molecular weight is 521 g/mol. The normalized spacial score (nSPS) is 14.2. The monoisotopic (exact) mass is 520 g/mol. The Hall–Kier alpha value is -3.95. The molecule has 0 aliphatic heterocycles. The van der Waals surface area contributed by atoms with E-state index < -0.39 is 6.04 Å². The van der Waals surface area contributed by atoms with Gasteiger partial charge in [-0.3, -0.25) is 14.5 Å². The van der Waals surface area contributed by atoms with E-state index in [0.717, 1.165) is 36.8 Å². The molecule has 1 heterocycles. The molecule has 2 aromatic carbocycles. The van der Waals surface area contributed by atoms with Crippen molar-refractivity contribution in [1.29, 1.82) is 0 Å². The van der Waals surface area contributed by atoms with Gasteiger partial charge >= 0.3 is 0 Å². The second-order valence-electron chi connectivity index (χ2n) is 9.68. The number of aryl methyl sites for hydroxylation is 2. The van der Waals surface area contributed by atoms with E-state index in [1.807, 2.05) is 39.0 Å². The molecule has 0 unspecified atom stereocenters. The van der Waals surface area contributed by atoms with Crippen LogP contribution in [0.15, 0.2) is 36.4 Å². The van der Waals surface area contributed by atoms with Crippen LogP contribution in [0, 0.1) is 13.8 Å². The molecule has 0 bridgehead atoms. The number of nitrogens with zero attached hydrogens (tertiary/aromatic N) is 5. The Labute approximate surface area is 223 Å². The van der Waals surface area contributed by atoms with Crippen molar-refractivity contribution in [2.75, 3.05) is 19.1 Å². The number of aromatic nitrogens is 4. The van der Waals surface area contributed by atoms with Crippen LogP contribution in [0.4, 0.5) is 5.69 Å². The van der Waals surface area contributed by atoms with Crippen LogP contribution >= 0.6 is 0 Å². The summed E-state index contributed by atoms with van der Waals surface area (Å²) in [4.78, 5) is 30.1. The van der Waals surface area contributed by atoms with E-state index in [1.54, 1.807) is 37.3 Å². The van der Waals surface area contributed by atoms with Crippen molar-refractivity contribution in [2.45, 2.75) is 71.5 Å². The summed E-state index contributed by atoms with van der Waals surface area (Å²) in [5.41, 5.74) is 3.38. The summed E-state index contributed by atoms with van der Waals surface area (Å²) < 4.78 is 10.7. The number of hydrogen-bond acceptors (Lipinski definition) is 7. The molecule has 0 radical (unpaired) electrons. The molecule has 1 fully saturated rings. The highest BCUT2D eigenvalue weighted by Gasteiger charge is 2.33. The largest absolute Gasteiger partial charge is 0.493 e. The number of amides is 2. The van der Waals surface area contributed by atoms with Crippen LogP contribution in [0.1, 0.15) is 50.2 Å². The Kier molecular flexibility index (Phi) is 8.60. The second-order valence-corrected chi connectivity index (χ2v) is 9.68. The van der Waals surface area contributed by atoms with Gasteiger partial charge in [0, 0.05) is 17.3 Å². The van der Waals surface area contributed by atoms with E-state index in [1.165, 1.54) is 4.80 Å². The Morgan fingerprint density at radius 3 is 2.47 bits per heavy atom. The highest BCUT2D eigenvalue weighted by atomic mass is 16.5. The zero-order valence-electron chi connectivity index (χ0n) is 22.7. The fourth-order valence-electron chi connectivity index (χ4n) is 5.00.